The third kappa shape index (κ3) is 3.93. The van der Waals surface area contributed by atoms with Crippen molar-refractivity contribution in [3.8, 4) is 0 Å². The highest BCUT2D eigenvalue weighted by Gasteiger charge is 2.09. The maximum Gasteiger partial charge on any atom is 0.310 e. The van der Waals surface area contributed by atoms with E-state index >= 15 is 0 Å². The SMILES string of the molecule is Fc1nc(Cc2ccccc2)cc(Nc2nc3ccc(I)cc3s2)n1. The van der Waals surface area contributed by atoms with Gasteiger partial charge in [0, 0.05) is 16.1 Å². The molecule has 0 saturated heterocycles. The Morgan fingerprint density at radius 2 is 1.84 bits per heavy atom. The van der Waals surface area contributed by atoms with Crippen LogP contribution in [-0.2, 0) is 6.42 Å². The first-order valence-corrected chi connectivity index (χ1v) is 9.46. The highest BCUT2D eigenvalue weighted by molar-refractivity contribution is 14.1. The van der Waals surface area contributed by atoms with Crippen molar-refractivity contribution in [1.29, 1.82) is 0 Å². The topological polar surface area (TPSA) is 50.7 Å². The molecule has 124 valence electrons. The van der Waals surface area contributed by atoms with Crippen LogP contribution in [0.1, 0.15) is 11.3 Å². The molecular formula is C18H12FIN4S. The number of anilines is 2. The molecule has 0 fully saturated rings. The van der Waals surface area contributed by atoms with Gasteiger partial charge in [-0.2, -0.15) is 9.37 Å². The molecule has 0 bridgehead atoms. The summed E-state index contributed by atoms with van der Waals surface area (Å²) in [6.45, 7) is 0. The van der Waals surface area contributed by atoms with E-state index in [1.807, 2.05) is 42.5 Å². The van der Waals surface area contributed by atoms with Crippen molar-refractivity contribution < 1.29 is 4.39 Å². The molecule has 0 atom stereocenters. The number of rotatable bonds is 4. The lowest BCUT2D eigenvalue weighted by molar-refractivity contribution is 0.535. The number of fused-ring (bicyclic) bond motifs is 1. The van der Waals surface area contributed by atoms with E-state index < -0.39 is 6.08 Å². The lowest BCUT2D eigenvalue weighted by Crippen LogP contribution is -2.02. The minimum atomic E-state index is -0.744. The molecule has 0 aliphatic carbocycles. The van der Waals surface area contributed by atoms with Gasteiger partial charge in [-0.25, -0.2) is 9.97 Å². The van der Waals surface area contributed by atoms with Gasteiger partial charge in [-0.1, -0.05) is 41.7 Å². The second kappa shape index (κ2) is 7.01. The smallest absolute Gasteiger partial charge is 0.310 e. The summed E-state index contributed by atoms with van der Waals surface area (Å²) in [5.41, 5.74) is 2.60. The summed E-state index contributed by atoms with van der Waals surface area (Å²) in [5.74, 6) is 0.409. The lowest BCUT2D eigenvalue weighted by atomic mass is 10.1. The van der Waals surface area contributed by atoms with Gasteiger partial charge in [-0.3, -0.25) is 0 Å². The van der Waals surface area contributed by atoms with E-state index in [4.69, 9.17) is 0 Å². The van der Waals surface area contributed by atoms with Gasteiger partial charge in [0.1, 0.15) is 5.82 Å². The monoisotopic (exact) mass is 462 g/mol. The first-order chi connectivity index (χ1) is 12.2. The van der Waals surface area contributed by atoms with Crippen LogP contribution in [0.4, 0.5) is 15.3 Å². The number of nitrogens with one attached hydrogen (secondary N) is 1. The summed E-state index contributed by atoms with van der Waals surface area (Å²) in [6, 6.07) is 17.6. The summed E-state index contributed by atoms with van der Waals surface area (Å²) in [6.07, 6.45) is -0.195. The molecule has 0 aliphatic rings. The molecule has 0 aliphatic heterocycles. The van der Waals surface area contributed by atoms with Crippen LogP contribution in [0, 0.1) is 9.65 Å². The van der Waals surface area contributed by atoms with Crippen molar-refractivity contribution in [2.45, 2.75) is 6.42 Å². The van der Waals surface area contributed by atoms with Crippen LogP contribution in [0.5, 0.6) is 0 Å². The van der Waals surface area contributed by atoms with Crippen molar-refractivity contribution in [2.24, 2.45) is 0 Å². The summed E-state index contributed by atoms with van der Waals surface area (Å²) >= 11 is 3.78. The zero-order chi connectivity index (χ0) is 17.2. The fourth-order valence-corrected chi connectivity index (χ4v) is 4.10. The van der Waals surface area contributed by atoms with Gasteiger partial charge in [0.2, 0.25) is 0 Å². The third-order valence-electron chi connectivity index (χ3n) is 3.57. The molecule has 25 heavy (non-hydrogen) atoms. The molecule has 2 aromatic carbocycles. The van der Waals surface area contributed by atoms with Crippen molar-refractivity contribution in [1.82, 2.24) is 15.0 Å². The molecule has 0 radical (unpaired) electrons. The second-order valence-electron chi connectivity index (χ2n) is 5.43. The van der Waals surface area contributed by atoms with E-state index in [1.165, 1.54) is 11.3 Å². The Morgan fingerprint density at radius 1 is 1.00 bits per heavy atom. The predicted octanol–water partition coefficient (Wildman–Crippen LogP) is 5.16. The second-order valence-corrected chi connectivity index (χ2v) is 7.71. The first kappa shape index (κ1) is 16.3. The number of nitrogens with zero attached hydrogens (tertiary/aromatic N) is 3. The Morgan fingerprint density at radius 3 is 2.68 bits per heavy atom. The fourth-order valence-electron chi connectivity index (χ4n) is 2.49. The zero-order valence-electron chi connectivity index (χ0n) is 12.9. The number of aromatic nitrogens is 3. The third-order valence-corrected chi connectivity index (χ3v) is 5.17. The largest absolute Gasteiger partial charge is 0.316 e. The van der Waals surface area contributed by atoms with Crippen LogP contribution in [0.25, 0.3) is 10.2 Å². The van der Waals surface area contributed by atoms with E-state index in [0.29, 0.717) is 23.1 Å². The van der Waals surface area contributed by atoms with Gasteiger partial charge >= 0.3 is 6.08 Å². The van der Waals surface area contributed by atoms with Crippen LogP contribution in [0.3, 0.4) is 0 Å². The highest BCUT2D eigenvalue weighted by Crippen LogP contribution is 2.29. The van der Waals surface area contributed by atoms with E-state index in [2.05, 4.69) is 48.9 Å². The summed E-state index contributed by atoms with van der Waals surface area (Å²) in [5, 5.41) is 3.77. The molecule has 2 heterocycles. The molecule has 0 unspecified atom stereocenters. The van der Waals surface area contributed by atoms with Crippen LogP contribution >= 0.6 is 33.9 Å². The van der Waals surface area contributed by atoms with E-state index in [-0.39, 0.29) is 0 Å². The molecule has 7 heteroatoms. The summed E-state index contributed by atoms with van der Waals surface area (Å²) in [4.78, 5) is 12.2. The van der Waals surface area contributed by atoms with Gasteiger partial charge in [0.05, 0.1) is 15.9 Å². The van der Waals surface area contributed by atoms with Gasteiger partial charge < -0.3 is 5.32 Å². The van der Waals surface area contributed by atoms with Crippen LogP contribution in [0.15, 0.2) is 54.6 Å². The lowest BCUT2D eigenvalue weighted by Gasteiger charge is -2.05. The van der Waals surface area contributed by atoms with Gasteiger partial charge in [0.25, 0.3) is 0 Å². The van der Waals surface area contributed by atoms with Crippen molar-refractivity contribution in [3.05, 3.63) is 75.5 Å². The maximum atomic E-state index is 13.8. The Bertz CT molecular complexity index is 1040. The van der Waals surface area contributed by atoms with Gasteiger partial charge in [-0.15, -0.1) is 0 Å². The minimum absolute atomic E-state index is 0.409. The van der Waals surface area contributed by atoms with E-state index in [9.17, 15) is 4.39 Å². The van der Waals surface area contributed by atoms with Crippen molar-refractivity contribution in [3.63, 3.8) is 0 Å². The number of halogens is 2. The molecule has 4 aromatic rings. The normalized spacial score (nSPS) is 11.0. The molecular weight excluding hydrogens is 450 g/mol. The molecule has 0 amide bonds. The van der Waals surface area contributed by atoms with Crippen LogP contribution in [-0.4, -0.2) is 15.0 Å². The van der Waals surface area contributed by atoms with Crippen LogP contribution in [0.2, 0.25) is 0 Å². The Hall–Kier alpha value is -2.13. The van der Waals surface area contributed by atoms with Gasteiger partial charge in [-0.05, 0) is 46.4 Å². The van der Waals surface area contributed by atoms with Crippen molar-refractivity contribution in [2.75, 3.05) is 5.32 Å². The number of hydrogen-bond acceptors (Lipinski definition) is 5. The highest BCUT2D eigenvalue weighted by atomic mass is 127. The number of hydrogen-bond donors (Lipinski definition) is 1. The average Bonchev–Trinajstić information content (AvgIpc) is 2.96. The van der Waals surface area contributed by atoms with E-state index in [1.54, 1.807) is 6.07 Å². The summed E-state index contributed by atoms with van der Waals surface area (Å²) in [7, 11) is 0. The Kier molecular flexibility index (Phi) is 4.58. The first-order valence-electron chi connectivity index (χ1n) is 7.56. The minimum Gasteiger partial charge on any atom is -0.316 e. The number of benzene rings is 2. The van der Waals surface area contributed by atoms with Gasteiger partial charge in [0.15, 0.2) is 5.13 Å². The molecule has 4 rings (SSSR count). The molecule has 0 spiro atoms. The predicted molar refractivity (Wildman–Crippen MR) is 107 cm³/mol. The molecule has 1 N–H and O–H groups in total. The standard InChI is InChI=1S/C18H12FIN4S/c19-17-21-13(8-11-4-2-1-3-5-11)10-16(23-17)24-18-22-14-7-6-12(20)9-15(14)25-18/h1-7,9-10H,8H2,(H,21,22,23,24). The van der Waals surface area contributed by atoms with E-state index in [0.717, 1.165) is 19.4 Å². The fraction of sp³-hybridized carbons (Fsp3) is 0.0556. The quantitative estimate of drug-likeness (QED) is 0.336. The molecule has 2 aromatic heterocycles. The Labute approximate surface area is 161 Å². The molecule has 4 nitrogen and oxygen atoms in total. The maximum absolute atomic E-state index is 13.8. The molecule has 0 saturated carbocycles. The number of thiazole rings is 1. The zero-order valence-corrected chi connectivity index (χ0v) is 15.9. The van der Waals surface area contributed by atoms with Crippen molar-refractivity contribution >= 4 is 55.1 Å². The summed E-state index contributed by atoms with van der Waals surface area (Å²) < 4.78 is 16.0. The van der Waals surface area contributed by atoms with Crippen LogP contribution < -0.4 is 5.32 Å². The average molecular weight is 462 g/mol. The Balaban J connectivity index is 1.61.